The number of rotatable bonds is 7. The van der Waals surface area contributed by atoms with Crippen LogP contribution in [0.5, 0.6) is 5.75 Å². The third-order valence-corrected chi connectivity index (χ3v) is 6.05. The average molecular weight is 466 g/mol. The maximum absolute atomic E-state index is 12.7. The third kappa shape index (κ3) is 4.83. The highest BCUT2D eigenvalue weighted by Gasteiger charge is 2.18. The van der Waals surface area contributed by atoms with E-state index in [-0.39, 0.29) is 10.5 Å². The molecule has 1 N–H and O–H groups in total. The first kappa shape index (κ1) is 22.0. The lowest BCUT2D eigenvalue weighted by molar-refractivity contribution is 0.0336. The molecule has 0 radical (unpaired) electrons. The largest absolute Gasteiger partial charge is 0.497 e. The van der Waals surface area contributed by atoms with Crippen molar-refractivity contribution in [3.8, 4) is 5.75 Å². The maximum Gasteiger partial charge on any atom is 0.339 e. The molecular formula is C22H18N4O6S. The van der Waals surface area contributed by atoms with Crippen LogP contribution in [0.1, 0.15) is 10.4 Å². The second kappa shape index (κ2) is 9.09. The van der Waals surface area contributed by atoms with Gasteiger partial charge < -0.3 is 9.47 Å². The van der Waals surface area contributed by atoms with Crippen LogP contribution in [0.2, 0.25) is 0 Å². The molecular weight excluding hydrogens is 448 g/mol. The van der Waals surface area contributed by atoms with Crippen LogP contribution >= 0.6 is 0 Å². The Morgan fingerprint density at radius 1 is 1.03 bits per heavy atom. The van der Waals surface area contributed by atoms with Crippen molar-refractivity contribution in [1.82, 2.24) is 15.0 Å². The van der Waals surface area contributed by atoms with E-state index in [1.807, 2.05) is 0 Å². The second-order valence-corrected chi connectivity index (χ2v) is 8.52. The fraction of sp³-hybridized carbons (Fsp3) is 0.0909. The Labute approximate surface area is 188 Å². The number of carbonyl (C=O) groups is 1. The summed E-state index contributed by atoms with van der Waals surface area (Å²) in [5, 5.41) is 8.00. The van der Waals surface area contributed by atoms with Crippen molar-refractivity contribution >= 4 is 32.6 Å². The van der Waals surface area contributed by atoms with Gasteiger partial charge in [0.05, 0.1) is 23.0 Å². The number of benzene rings is 3. The molecule has 4 aromatic rings. The van der Waals surface area contributed by atoms with Gasteiger partial charge in [-0.2, -0.15) is 4.68 Å². The molecule has 0 aliphatic carbocycles. The van der Waals surface area contributed by atoms with Crippen molar-refractivity contribution in [2.45, 2.75) is 11.6 Å². The summed E-state index contributed by atoms with van der Waals surface area (Å²) in [7, 11) is -2.46. The first-order chi connectivity index (χ1) is 15.9. The summed E-state index contributed by atoms with van der Waals surface area (Å²) in [5.41, 5.74) is 0.285. The SMILES string of the molecule is COc1ccc(NS(=O)(=O)c2cccc(C(=O)OCn3nnc4ccccc4c3=O)c2)cc1. The highest BCUT2D eigenvalue weighted by Crippen LogP contribution is 2.20. The van der Waals surface area contributed by atoms with Crippen LogP contribution in [0.25, 0.3) is 10.9 Å². The van der Waals surface area contributed by atoms with Crippen molar-refractivity contribution < 1.29 is 22.7 Å². The Hall–Kier alpha value is -4.25. The molecule has 0 unspecified atom stereocenters. The quantitative estimate of drug-likeness (QED) is 0.411. The van der Waals surface area contributed by atoms with Gasteiger partial charge in [0.1, 0.15) is 11.3 Å². The molecule has 11 heteroatoms. The zero-order valence-electron chi connectivity index (χ0n) is 17.3. The molecule has 1 aromatic heterocycles. The molecule has 0 bridgehead atoms. The van der Waals surface area contributed by atoms with Gasteiger partial charge in [0, 0.05) is 5.69 Å². The van der Waals surface area contributed by atoms with Crippen LogP contribution in [-0.2, 0) is 21.5 Å². The summed E-state index contributed by atoms with van der Waals surface area (Å²) in [6, 6.07) is 18.3. The summed E-state index contributed by atoms with van der Waals surface area (Å²) >= 11 is 0. The van der Waals surface area contributed by atoms with Crippen LogP contribution in [0, 0.1) is 0 Å². The number of carbonyl (C=O) groups excluding carboxylic acids is 1. The number of nitrogens with zero attached hydrogens (tertiary/aromatic N) is 3. The lowest BCUT2D eigenvalue weighted by Gasteiger charge is -2.10. The molecule has 10 nitrogen and oxygen atoms in total. The molecule has 3 aromatic carbocycles. The molecule has 0 aliphatic rings. The van der Waals surface area contributed by atoms with Crippen LogP contribution in [0.4, 0.5) is 5.69 Å². The molecule has 0 saturated carbocycles. The van der Waals surface area contributed by atoms with Crippen molar-refractivity contribution in [1.29, 1.82) is 0 Å². The minimum Gasteiger partial charge on any atom is -0.497 e. The summed E-state index contributed by atoms with van der Waals surface area (Å²) in [6.45, 7) is -0.476. The van der Waals surface area contributed by atoms with Crippen LogP contribution in [-0.4, -0.2) is 36.5 Å². The highest BCUT2D eigenvalue weighted by atomic mass is 32.2. The molecule has 1 heterocycles. The monoisotopic (exact) mass is 466 g/mol. The number of methoxy groups -OCH3 is 1. The van der Waals surface area contributed by atoms with E-state index < -0.39 is 28.3 Å². The number of nitrogens with one attached hydrogen (secondary N) is 1. The van der Waals surface area contributed by atoms with E-state index in [9.17, 15) is 18.0 Å². The first-order valence-electron chi connectivity index (χ1n) is 9.64. The lowest BCUT2D eigenvalue weighted by atomic mass is 10.2. The van der Waals surface area contributed by atoms with E-state index in [0.29, 0.717) is 22.3 Å². The maximum atomic E-state index is 12.7. The molecule has 0 amide bonds. The summed E-state index contributed by atoms with van der Waals surface area (Å²) < 4.78 is 39.0. The zero-order valence-corrected chi connectivity index (χ0v) is 18.2. The van der Waals surface area contributed by atoms with Crippen molar-refractivity contribution in [2.75, 3.05) is 11.8 Å². The summed E-state index contributed by atoms with van der Waals surface area (Å²) in [4.78, 5) is 24.8. The molecule has 0 saturated heterocycles. The topological polar surface area (TPSA) is 129 Å². The van der Waals surface area contributed by atoms with Gasteiger partial charge >= 0.3 is 5.97 Å². The molecule has 4 rings (SSSR count). The lowest BCUT2D eigenvalue weighted by Crippen LogP contribution is -2.26. The van der Waals surface area contributed by atoms with Gasteiger partial charge in [-0.3, -0.25) is 9.52 Å². The summed E-state index contributed by atoms with van der Waals surface area (Å²) in [5.74, 6) is -0.240. The van der Waals surface area contributed by atoms with Gasteiger partial charge in [-0.05, 0) is 54.6 Å². The number of hydrogen-bond acceptors (Lipinski definition) is 8. The van der Waals surface area contributed by atoms with Crippen molar-refractivity contribution in [2.24, 2.45) is 0 Å². The van der Waals surface area contributed by atoms with Crippen LogP contribution in [0.3, 0.4) is 0 Å². The normalized spacial score (nSPS) is 11.2. The Morgan fingerprint density at radius 3 is 2.55 bits per heavy atom. The number of hydrogen-bond donors (Lipinski definition) is 1. The van der Waals surface area contributed by atoms with Gasteiger partial charge in [0.2, 0.25) is 0 Å². The third-order valence-electron chi connectivity index (χ3n) is 4.67. The van der Waals surface area contributed by atoms with E-state index in [0.717, 1.165) is 4.68 Å². The van der Waals surface area contributed by atoms with E-state index in [2.05, 4.69) is 15.0 Å². The fourth-order valence-electron chi connectivity index (χ4n) is 2.97. The molecule has 0 spiro atoms. The Kier molecular flexibility index (Phi) is 6.05. The van der Waals surface area contributed by atoms with Crippen molar-refractivity contribution in [3.05, 3.63) is 88.7 Å². The van der Waals surface area contributed by atoms with Crippen molar-refractivity contribution in [3.63, 3.8) is 0 Å². The number of aromatic nitrogens is 3. The molecule has 0 aliphatic heterocycles. The minimum atomic E-state index is -3.96. The number of ether oxygens (including phenoxy) is 2. The number of anilines is 1. The number of esters is 1. The van der Waals surface area contributed by atoms with Gasteiger partial charge in [0.15, 0.2) is 6.73 Å². The first-order valence-corrected chi connectivity index (χ1v) is 11.1. The second-order valence-electron chi connectivity index (χ2n) is 6.83. The van der Waals surface area contributed by atoms with Gasteiger partial charge in [-0.1, -0.05) is 23.4 Å². The van der Waals surface area contributed by atoms with Crippen LogP contribution in [0.15, 0.2) is 82.5 Å². The standard InChI is InChI=1S/C22H18N4O6S/c1-31-17-11-9-16(10-12-17)24-33(29,30)18-6-4-5-15(13-18)22(28)32-14-26-21(27)19-7-2-3-8-20(19)23-25-26/h2-13,24H,14H2,1H3. The zero-order chi connectivity index (χ0) is 23.4. The van der Waals surface area contributed by atoms with E-state index in [4.69, 9.17) is 9.47 Å². The smallest absolute Gasteiger partial charge is 0.339 e. The van der Waals surface area contributed by atoms with Gasteiger partial charge in [-0.15, -0.1) is 5.10 Å². The predicted octanol–water partition coefficient (Wildman–Crippen LogP) is 2.42. The van der Waals surface area contributed by atoms with E-state index in [1.54, 1.807) is 48.5 Å². The van der Waals surface area contributed by atoms with Crippen LogP contribution < -0.4 is 15.0 Å². The molecule has 168 valence electrons. The highest BCUT2D eigenvalue weighted by molar-refractivity contribution is 7.92. The molecule has 33 heavy (non-hydrogen) atoms. The van der Waals surface area contributed by atoms with Gasteiger partial charge in [0.25, 0.3) is 15.6 Å². The summed E-state index contributed by atoms with van der Waals surface area (Å²) in [6.07, 6.45) is 0. The Morgan fingerprint density at radius 2 is 1.79 bits per heavy atom. The molecule has 0 fully saturated rings. The Bertz CT molecular complexity index is 1480. The average Bonchev–Trinajstić information content (AvgIpc) is 2.84. The minimum absolute atomic E-state index is 0.00518. The predicted molar refractivity (Wildman–Crippen MR) is 119 cm³/mol. The van der Waals surface area contributed by atoms with E-state index in [1.165, 1.54) is 31.4 Å². The number of fused-ring (bicyclic) bond motifs is 1. The Balaban J connectivity index is 1.49. The van der Waals surface area contributed by atoms with E-state index >= 15 is 0 Å². The fourth-order valence-corrected chi connectivity index (χ4v) is 4.08. The number of sulfonamides is 1. The molecule has 0 atom stereocenters. The van der Waals surface area contributed by atoms with Gasteiger partial charge in [-0.25, -0.2) is 13.2 Å².